The second kappa shape index (κ2) is 19.3. The van der Waals surface area contributed by atoms with Crippen LogP contribution in [0.3, 0.4) is 0 Å². The van der Waals surface area contributed by atoms with Gasteiger partial charge >= 0.3 is 31.4 Å². The van der Waals surface area contributed by atoms with Crippen molar-refractivity contribution in [3.05, 3.63) is 66.7 Å². The Bertz CT molecular complexity index is 1950. The summed E-state index contributed by atoms with van der Waals surface area (Å²) in [6, 6.07) is 6.00. The molecule has 0 saturated heterocycles. The van der Waals surface area contributed by atoms with E-state index in [9.17, 15) is 36.9 Å². The van der Waals surface area contributed by atoms with Gasteiger partial charge in [-0.2, -0.15) is 33.4 Å². The van der Waals surface area contributed by atoms with Crippen molar-refractivity contribution in [1.82, 2.24) is 29.4 Å². The number of ether oxygens (including phenoxy) is 1. The van der Waals surface area contributed by atoms with Crippen molar-refractivity contribution >= 4 is 54.6 Å². The molecule has 0 amide bonds. The highest BCUT2D eigenvalue weighted by molar-refractivity contribution is 7.51. The number of esters is 1. The van der Waals surface area contributed by atoms with Crippen molar-refractivity contribution in [1.29, 1.82) is 5.26 Å². The molecule has 6 N–H and O–H groups in total. The quantitative estimate of drug-likeness (QED) is 0.120. The average molecular weight is 801 g/mol. The largest absolute Gasteiger partial charge is 0.480 e. The average Bonchev–Trinajstić information content (AvgIpc) is 2.98. The zero-order chi connectivity index (χ0) is 40.2. The van der Waals surface area contributed by atoms with Crippen LogP contribution >= 0.6 is 30.8 Å². The lowest BCUT2D eigenvalue weighted by molar-refractivity contribution is -0.144. The van der Waals surface area contributed by atoms with E-state index in [1.54, 1.807) is 27.7 Å². The Hall–Kier alpha value is -4.58. The van der Waals surface area contributed by atoms with Gasteiger partial charge in [0.2, 0.25) is 17.2 Å². The smallest absolute Gasteiger partial charge is 0.431 e. The highest BCUT2D eigenvalue weighted by Crippen LogP contribution is 2.31. The zero-order valence-corrected chi connectivity index (χ0v) is 30.7. The van der Waals surface area contributed by atoms with E-state index in [1.807, 2.05) is 6.92 Å². The molecule has 18 nitrogen and oxygen atoms in total. The molecular formula is C28H35Cl2F3N9O9P. The molecule has 2 aromatic heterocycles. The van der Waals surface area contributed by atoms with Gasteiger partial charge in [0.1, 0.15) is 11.2 Å². The molecule has 0 aliphatic heterocycles. The Balaban J connectivity index is 0.000000441. The summed E-state index contributed by atoms with van der Waals surface area (Å²) in [6.07, 6.45) is -5.90. The van der Waals surface area contributed by atoms with Gasteiger partial charge in [-0.3, -0.25) is 24.0 Å². The Morgan fingerprint density at radius 3 is 2.19 bits per heavy atom. The second-order valence-corrected chi connectivity index (χ2v) is 13.3. The number of nitriles is 1. The minimum Gasteiger partial charge on any atom is -0.480 e. The van der Waals surface area contributed by atoms with Crippen molar-refractivity contribution in [3.8, 4) is 11.8 Å². The van der Waals surface area contributed by atoms with E-state index in [-0.39, 0.29) is 27.5 Å². The fourth-order valence-electron chi connectivity index (χ4n) is 3.48. The monoisotopic (exact) mass is 799 g/mol. The van der Waals surface area contributed by atoms with Gasteiger partial charge in [-0.15, -0.1) is 0 Å². The normalized spacial score (nSPS) is 11.3. The minimum absolute atomic E-state index is 0.0104. The molecule has 3 aromatic rings. The van der Waals surface area contributed by atoms with Crippen molar-refractivity contribution in [2.45, 2.75) is 52.4 Å². The number of rotatable bonds is 11. The molecule has 24 heteroatoms. The molecule has 0 aliphatic rings. The van der Waals surface area contributed by atoms with Gasteiger partial charge in [-0.05, 0) is 64.4 Å². The molecule has 1 aromatic carbocycles. The van der Waals surface area contributed by atoms with Crippen molar-refractivity contribution in [2.24, 2.45) is 7.05 Å². The van der Waals surface area contributed by atoms with Crippen molar-refractivity contribution in [3.63, 3.8) is 0 Å². The van der Waals surface area contributed by atoms with Gasteiger partial charge in [0.25, 0.3) is 5.56 Å². The molecule has 0 unspecified atom stereocenters. The molecule has 3 rings (SSSR count). The second-order valence-electron chi connectivity index (χ2n) is 10.9. The Kier molecular flexibility index (Phi) is 16.9. The van der Waals surface area contributed by atoms with Crippen LogP contribution in [0.2, 0.25) is 10.3 Å². The number of hydrogen-bond acceptors (Lipinski definition) is 13. The van der Waals surface area contributed by atoms with E-state index in [0.717, 1.165) is 13.1 Å². The number of benzene rings is 1. The first-order valence-corrected chi connectivity index (χ1v) is 17.1. The van der Waals surface area contributed by atoms with Gasteiger partial charge < -0.3 is 30.3 Å². The number of halogens is 5. The Morgan fingerprint density at radius 2 is 1.69 bits per heavy atom. The summed E-state index contributed by atoms with van der Waals surface area (Å²) in [6.45, 7) is 8.84. The number of nitrogens with zero attached hydrogens (tertiary/aromatic N) is 6. The number of carbonyl (C=O) groups is 2. The number of hydrogen-bond donors (Lipinski definition) is 6. The highest BCUT2D eigenvalue weighted by atomic mass is 35.5. The number of alkyl halides is 3. The number of aromatic nitrogens is 5. The van der Waals surface area contributed by atoms with E-state index >= 15 is 0 Å². The van der Waals surface area contributed by atoms with Gasteiger partial charge in [-0.1, -0.05) is 11.6 Å². The molecule has 2 heterocycles. The third-order valence-electron chi connectivity index (χ3n) is 5.62. The summed E-state index contributed by atoms with van der Waals surface area (Å²) in [7, 11) is -3.20. The summed E-state index contributed by atoms with van der Waals surface area (Å²) in [5.74, 6) is -1.27. The van der Waals surface area contributed by atoms with Crippen LogP contribution in [0.4, 0.5) is 25.1 Å². The Morgan fingerprint density at radius 1 is 1.10 bits per heavy atom. The summed E-state index contributed by atoms with van der Waals surface area (Å²) in [4.78, 5) is 74.4. The summed E-state index contributed by atoms with van der Waals surface area (Å²) in [5.41, 5.74) is -4.76. The summed E-state index contributed by atoms with van der Waals surface area (Å²) >= 11 is 11.7. The number of nitrogens with one attached hydrogen (secondary N) is 3. The van der Waals surface area contributed by atoms with Crippen LogP contribution in [0.15, 0.2) is 33.9 Å². The zero-order valence-electron chi connectivity index (χ0n) is 28.3. The lowest BCUT2D eigenvalue weighted by Gasteiger charge is -2.17. The summed E-state index contributed by atoms with van der Waals surface area (Å²) in [5, 5.41) is 24.8. The number of carbonyl (C=O) groups excluding carboxylic acids is 1. The standard InChI is InChI=1S/C16H14ClF3N2O4.C9H13ClN6.C3H8NO5P/c1-8(2)26-14(24)10-6-9(4-5-11(10)17)22-13(23)7-12(16(18,19)20)21(3)15(22)25;1-4-12-7-13-6(10)14-8(15-7)16-9(2,3)5-11;5-3(6)1-4-2-10(7,8)9/h4-8H,1-3H3;4H2,1-3H3,(H2,12,13,14,15,16);4H,1-2H2,(H,5,6)(H2,7,8,9). The third kappa shape index (κ3) is 15.3. The van der Waals surface area contributed by atoms with E-state index in [2.05, 4.69) is 37.0 Å². The molecule has 0 fully saturated rings. The minimum atomic E-state index is -4.86. The number of carboxylic acids is 1. The van der Waals surface area contributed by atoms with Gasteiger partial charge in [-0.25, -0.2) is 14.2 Å². The summed E-state index contributed by atoms with van der Waals surface area (Å²) < 4.78 is 54.6. The van der Waals surface area contributed by atoms with Crippen LogP contribution in [-0.4, -0.2) is 81.9 Å². The fourth-order valence-corrected chi connectivity index (χ4v) is 4.24. The van der Waals surface area contributed by atoms with Gasteiger partial charge in [0.15, 0.2) is 0 Å². The maximum Gasteiger partial charge on any atom is 0.431 e. The lowest BCUT2D eigenvalue weighted by Crippen LogP contribution is -2.40. The van der Waals surface area contributed by atoms with Crippen LogP contribution in [0.25, 0.3) is 5.69 Å². The van der Waals surface area contributed by atoms with E-state index in [1.165, 1.54) is 12.1 Å². The van der Waals surface area contributed by atoms with Gasteiger partial charge in [0.05, 0.1) is 41.3 Å². The maximum atomic E-state index is 12.9. The predicted octanol–water partition coefficient (Wildman–Crippen LogP) is 3.24. The van der Waals surface area contributed by atoms with Gasteiger partial charge in [0, 0.05) is 19.7 Å². The van der Waals surface area contributed by atoms with Crippen molar-refractivity contribution in [2.75, 3.05) is 30.0 Å². The molecule has 0 aliphatic carbocycles. The first-order chi connectivity index (χ1) is 23.8. The molecular weight excluding hydrogens is 765 g/mol. The molecule has 0 saturated carbocycles. The molecule has 0 spiro atoms. The highest BCUT2D eigenvalue weighted by Gasteiger charge is 2.35. The van der Waals surface area contributed by atoms with Crippen LogP contribution in [0.1, 0.15) is 50.7 Å². The molecule has 0 bridgehead atoms. The first kappa shape index (κ1) is 45.4. The van der Waals surface area contributed by atoms with E-state index in [4.69, 9.17) is 48.1 Å². The number of anilines is 2. The van der Waals surface area contributed by atoms with Crippen molar-refractivity contribution < 1.29 is 47.0 Å². The van der Waals surface area contributed by atoms with Crippen LogP contribution in [0, 0.1) is 11.3 Å². The van der Waals surface area contributed by atoms with E-state index < -0.39 is 67.1 Å². The van der Waals surface area contributed by atoms with Crippen LogP contribution < -0.4 is 27.2 Å². The predicted molar refractivity (Wildman–Crippen MR) is 183 cm³/mol. The van der Waals surface area contributed by atoms with Crippen LogP contribution in [0.5, 0.6) is 0 Å². The van der Waals surface area contributed by atoms with Crippen LogP contribution in [-0.2, 0) is 27.3 Å². The Labute approximate surface area is 303 Å². The maximum absolute atomic E-state index is 12.9. The molecule has 52 heavy (non-hydrogen) atoms. The number of carboxylic acid groups (broad SMARTS) is 1. The molecule has 0 radical (unpaired) electrons. The number of aliphatic carboxylic acids is 1. The topological polar surface area (TPSA) is 264 Å². The lowest BCUT2D eigenvalue weighted by atomic mass is 10.1. The fraction of sp³-hybridized carbons (Fsp3) is 0.429. The molecule has 286 valence electrons. The third-order valence-corrected chi connectivity index (χ3v) is 6.76. The molecule has 0 atom stereocenters. The van der Waals surface area contributed by atoms with E-state index in [0.29, 0.717) is 27.7 Å². The SMILES string of the molecule is CC(C)OC(=O)c1cc(-n2c(=O)cc(C(F)(F)F)n(C)c2=O)ccc1Cl.CCNc1nc(Cl)nc(NC(C)(C)C#N)n1.O=C(O)CNCP(=O)(O)O. The first-order valence-electron chi connectivity index (χ1n) is 14.5.